The molecule has 1 rings (SSSR count). The van der Waals surface area contributed by atoms with Crippen LogP contribution in [0.1, 0.15) is 10.4 Å². The molecule has 0 bridgehead atoms. The number of hydrogen-bond acceptors (Lipinski definition) is 5. The molecule has 1 aromatic carbocycles. The molecule has 0 spiro atoms. The van der Waals surface area contributed by atoms with Gasteiger partial charge in [0.15, 0.2) is 0 Å². The predicted octanol–water partition coefficient (Wildman–Crippen LogP) is 0.793. The van der Waals surface area contributed by atoms with Crippen molar-refractivity contribution in [2.75, 3.05) is 26.0 Å². The van der Waals surface area contributed by atoms with Crippen LogP contribution in [0, 0.1) is 10.1 Å². The molecular weight excluding hydrogens is 254 g/mol. The van der Waals surface area contributed by atoms with Crippen molar-refractivity contribution in [2.45, 2.75) is 0 Å². The van der Waals surface area contributed by atoms with Gasteiger partial charge in [0.2, 0.25) is 5.91 Å². The fourth-order valence-corrected chi connectivity index (χ4v) is 1.40. The maximum Gasteiger partial charge on any atom is 0.335 e. The van der Waals surface area contributed by atoms with Gasteiger partial charge < -0.3 is 15.3 Å². The fraction of sp³-hybridized carbons (Fsp3) is 0.273. The Labute approximate surface area is 108 Å². The molecule has 0 radical (unpaired) electrons. The number of anilines is 1. The Balaban J connectivity index is 3.04. The van der Waals surface area contributed by atoms with Crippen molar-refractivity contribution in [1.29, 1.82) is 0 Å². The van der Waals surface area contributed by atoms with Crippen molar-refractivity contribution < 1.29 is 19.6 Å². The molecule has 19 heavy (non-hydrogen) atoms. The summed E-state index contributed by atoms with van der Waals surface area (Å²) in [5.74, 6) is -1.69. The average Bonchev–Trinajstić information content (AvgIpc) is 2.27. The van der Waals surface area contributed by atoms with Gasteiger partial charge >= 0.3 is 5.97 Å². The summed E-state index contributed by atoms with van der Waals surface area (Å²) in [5.41, 5.74) is -0.689. The topological polar surface area (TPSA) is 113 Å². The van der Waals surface area contributed by atoms with Crippen LogP contribution >= 0.6 is 0 Å². The second-order valence-corrected chi connectivity index (χ2v) is 4.08. The molecule has 2 N–H and O–H groups in total. The van der Waals surface area contributed by atoms with Crippen LogP contribution in [0.15, 0.2) is 18.2 Å². The lowest BCUT2D eigenvalue weighted by Crippen LogP contribution is -2.27. The summed E-state index contributed by atoms with van der Waals surface area (Å²) < 4.78 is 0. The Morgan fingerprint density at radius 3 is 2.53 bits per heavy atom. The highest BCUT2D eigenvalue weighted by atomic mass is 16.6. The standard InChI is InChI=1S/C11H13N3O5/c1-13(2)6-10(15)12-8-4-3-7(11(16)17)5-9(8)14(18)19/h3-5H,6H2,1-2H3,(H,12,15)(H,16,17). The number of nitro benzene ring substituents is 1. The smallest absolute Gasteiger partial charge is 0.335 e. The summed E-state index contributed by atoms with van der Waals surface area (Å²) in [6, 6.07) is 3.31. The van der Waals surface area contributed by atoms with Crippen LogP contribution in [0.5, 0.6) is 0 Å². The second kappa shape index (κ2) is 5.91. The average molecular weight is 267 g/mol. The number of benzene rings is 1. The highest BCUT2D eigenvalue weighted by molar-refractivity contribution is 5.96. The van der Waals surface area contributed by atoms with Crippen LogP contribution in [0.25, 0.3) is 0 Å². The van der Waals surface area contributed by atoms with Crippen LogP contribution in [0.2, 0.25) is 0 Å². The van der Waals surface area contributed by atoms with Gasteiger partial charge in [-0.2, -0.15) is 0 Å². The van der Waals surface area contributed by atoms with Gasteiger partial charge in [-0.15, -0.1) is 0 Å². The summed E-state index contributed by atoms with van der Waals surface area (Å²) in [6.45, 7) is 0.0673. The number of rotatable bonds is 5. The lowest BCUT2D eigenvalue weighted by molar-refractivity contribution is -0.384. The van der Waals surface area contributed by atoms with Crippen molar-refractivity contribution in [2.24, 2.45) is 0 Å². The molecule has 0 unspecified atom stereocenters. The van der Waals surface area contributed by atoms with Gasteiger partial charge in [0, 0.05) is 6.07 Å². The molecule has 1 aromatic rings. The van der Waals surface area contributed by atoms with E-state index in [1.165, 1.54) is 12.1 Å². The van der Waals surface area contributed by atoms with Gasteiger partial charge in [-0.1, -0.05) is 0 Å². The lowest BCUT2D eigenvalue weighted by atomic mass is 10.1. The maximum atomic E-state index is 11.5. The van der Waals surface area contributed by atoms with Crippen molar-refractivity contribution in [3.05, 3.63) is 33.9 Å². The number of nitro groups is 1. The van der Waals surface area contributed by atoms with E-state index in [1.54, 1.807) is 19.0 Å². The van der Waals surface area contributed by atoms with Crippen LogP contribution in [0.4, 0.5) is 11.4 Å². The van der Waals surface area contributed by atoms with E-state index in [2.05, 4.69) is 5.32 Å². The van der Waals surface area contributed by atoms with Crippen molar-refractivity contribution in [3.63, 3.8) is 0 Å². The molecule has 102 valence electrons. The monoisotopic (exact) mass is 267 g/mol. The van der Waals surface area contributed by atoms with Crippen LogP contribution in [-0.2, 0) is 4.79 Å². The van der Waals surface area contributed by atoms with Gasteiger partial charge in [0.1, 0.15) is 5.69 Å². The van der Waals surface area contributed by atoms with E-state index in [4.69, 9.17) is 5.11 Å². The lowest BCUT2D eigenvalue weighted by Gasteiger charge is -2.10. The quantitative estimate of drug-likeness (QED) is 0.602. The zero-order valence-corrected chi connectivity index (χ0v) is 10.4. The first-order chi connectivity index (χ1) is 8.81. The molecule has 0 aliphatic rings. The Hall–Kier alpha value is -2.48. The van der Waals surface area contributed by atoms with Gasteiger partial charge in [-0.3, -0.25) is 14.9 Å². The molecule has 0 atom stereocenters. The summed E-state index contributed by atoms with van der Waals surface area (Å²) in [7, 11) is 3.36. The summed E-state index contributed by atoms with van der Waals surface area (Å²) in [5, 5.41) is 22.0. The molecule has 0 aromatic heterocycles. The molecule has 0 aliphatic carbocycles. The second-order valence-electron chi connectivity index (χ2n) is 4.08. The Morgan fingerprint density at radius 1 is 1.42 bits per heavy atom. The largest absolute Gasteiger partial charge is 0.478 e. The number of carbonyl (C=O) groups is 2. The van der Waals surface area contributed by atoms with E-state index in [0.717, 1.165) is 6.07 Å². The minimum atomic E-state index is -1.27. The number of likely N-dealkylation sites (N-methyl/N-ethyl adjacent to an activating group) is 1. The van der Waals surface area contributed by atoms with E-state index in [-0.39, 0.29) is 17.8 Å². The zero-order chi connectivity index (χ0) is 14.6. The summed E-state index contributed by atoms with van der Waals surface area (Å²) >= 11 is 0. The van der Waals surface area contributed by atoms with Crippen LogP contribution in [-0.4, -0.2) is 47.4 Å². The summed E-state index contributed by atoms with van der Waals surface area (Å²) in [4.78, 5) is 34.0. The van der Waals surface area contributed by atoms with Crippen molar-refractivity contribution in [1.82, 2.24) is 4.90 Å². The van der Waals surface area contributed by atoms with E-state index in [9.17, 15) is 19.7 Å². The minimum absolute atomic E-state index is 0.0261. The van der Waals surface area contributed by atoms with Crippen LogP contribution < -0.4 is 5.32 Å². The zero-order valence-electron chi connectivity index (χ0n) is 10.4. The first-order valence-electron chi connectivity index (χ1n) is 5.27. The molecule has 0 saturated carbocycles. The Bertz CT molecular complexity index is 527. The van der Waals surface area contributed by atoms with Gasteiger partial charge in [0.05, 0.1) is 17.0 Å². The van der Waals surface area contributed by atoms with Crippen LogP contribution in [0.3, 0.4) is 0 Å². The molecule has 8 heteroatoms. The van der Waals surface area contributed by atoms with Gasteiger partial charge in [-0.25, -0.2) is 4.79 Å². The minimum Gasteiger partial charge on any atom is -0.478 e. The third-order valence-electron chi connectivity index (χ3n) is 2.18. The third-order valence-corrected chi connectivity index (χ3v) is 2.18. The van der Waals surface area contributed by atoms with Crippen molar-refractivity contribution in [3.8, 4) is 0 Å². The van der Waals surface area contributed by atoms with Gasteiger partial charge in [-0.05, 0) is 26.2 Å². The van der Waals surface area contributed by atoms with E-state index < -0.39 is 22.5 Å². The predicted molar refractivity (Wildman–Crippen MR) is 67.2 cm³/mol. The fourth-order valence-electron chi connectivity index (χ4n) is 1.40. The first-order valence-corrected chi connectivity index (χ1v) is 5.27. The highest BCUT2D eigenvalue weighted by Crippen LogP contribution is 2.25. The third kappa shape index (κ3) is 4.03. The molecular formula is C11H13N3O5. The Kier molecular flexibility index (Phi) is 4.54. The van der Waals surface area contributed by atoms with E-state index in [1.807, 2.05) is 0 Å². The number of aromatic carboxylic acids is 1. The highest BCUT2D eigenvalue weighted by Gasteiger charge is 2.18. The van der Waals surface area contributed by atoms with Gasteiger partial charge in [0.25, 0.3) is 5.69 Å². The molecule has 0 fully saturated rings. The van der Waals surface area contributed by atoms with E-state index in [0.29, 0.717) is 0 Å². The number of carbonyl (C=O) groups excluding carboxylic acids is 1. The number of amides is 1. The molecule has 0 heterocycles. The molecule has 0 aliphatic heterocycles. The normalized spacial score (nSPS) is 10.3. The summed E-state index contributed by atoms with van der Waals surface area (Å²) in [6.07, 6.45) is 0. The number of nitrogens with zero attached hydrogens (tertiary/aromatic N) is 2. The number of nitrogens with one attached hydrogen (secondary N) is 1. The Morgan fingerprint density at radius 2 is 2.05 bits per heavy atom. The number of hydrogen-bond donors (Lipinski definition) is 2. The first kappa shape index (κ1) is 14.6. The molecule has 1 amide bonds. The number of carboxylic acid groups (broad SMARTS) is 1. The molecule has 0 saturated heterocycles. The number of carboxylic acids is 1. The maximum absolute atomic E-state index is 11.5. The van der Waals surface area contributed by atoms with E-state index >= 15 is 0 Å². The molecule has 8 nitrogen and oxygen atoms in total. The SMILES string of the molecule is CN(C)CC(=O)Nc1ccc(C(=O)O)cc1[N+](=O)[O-]. The van der Waals surface area contributed by atoms with Crippen molar-refractivity contribution >= 4 is 23.3 Å².